The molecule has 0 bridgehead atoms. The summed E-state index contributed by atoms with van der Waals surface area (Å²) in [7, 11) is 0. The van der Waals surface area contributed by atoms with Gasteiger partial charge in [-0.1, -0.05) is 0 Å². The Morgan fingerprint density at radius 3 is 2.82 bits per heavy atom. The van der Waals surface area contributed by atoms with Crippen molar-refractivity contribution >= 4 is 16.6 Å². The molecular weight excluding hydrogens is 221 g/mol. The summed E-state index contributed by atoms with van der Waals surface area (Å²) in [4.78, 5) is 11.7. The van der Waals surface area contributed by atoms with E-state index in [0.717, 1.165) is 18.4 Å². The summed E-state index contributed by atoms with van der Waals surface area (Å²) in [5, 5.41) is 0.399. The molecule has 0 amide bonds. The van der Waals surface area contributed by atoms with Crippen molar-refractivity contribution in [2.75, 3.05) is 5.43 Å². The summed E-state index contributed by atoms with van der Waals surface area (Å²) >= 11 is 0. The molecule has 0 atom stereocenters. The van der Waals surface area contributed by atoms with Crippen LogP contribution in [0.4, 0.5) is 10.1 Å². The molecule has 1 heterocycles. The Balaban J connectivity index is 2.37. The van der Waals surface area contributed by atoms with E-state index in [1.165, 1.54) is 12.1 Å². The van der Waals surface area contributed by atoms with Gasteiger partial charge in [0.2, 0.25) is 0 Å². The number of benzene rings is 1. The SMILES string of the molecule is NNc1cc2c(cc1F)c(=O)ccn2C1CC1. The van der Waals surface area contributed by atoms with E-state index in [2.05, 4.69) is 5.43 Å². The lowest BCUT2D eigenvalue weighted by atomic mass is 10.1. The summed E-state index contributed by atoms with van der Waals surface area (Å²) in [6, 6.07) is 4.74. The molecule has 5 heteroatoms. The van der Waals surface area contributed by atoms with Crippen LogP contribution in [0, 0.1) is 5.82 Å². The van der Waals surface area contributed by atoms with Crippen molar-refractivity contribution in [2.45, 2.75) is 18.9 Å². The highest BCUT2D eigenvalue weighted by Crippen LogP contribution is 2.37. The minimum absolute atomic E-state index is 0.167. The van der Waals surface area contributed by atoms with E-state index in [-0.39, 0.29) is 11.1 Å². The zero-order valence-corrected chi connectivity index (χ0v) is 9.11. The van der Waals surface area contributed by atoms with Crippen LogP contribution in [0.3, 0.4) is 0 Å². The average molecular weight is 233 g/mol. The maximum Gasteiger partial charge on any atom is 0.189 e. The van der Waals surface area contributed by atoms with Crippen LogP contribution in [-0.4, -0.2) is 4.57 Å². The first-order valence-corrected chi connectivity index (χ1v) is 5.51. The van der Waals surface area contributed by atoms with Crippen LogP contribution in [0.25, 0.3) is 10.9 Å². The van der Waals surface area contributed by atoms with Gasteiger partial charge in [-0.2, -0.15) is 0 Å². The summed E-state index contributed by atoms with van der Waals surface area (Å²) in [6.45, 7) is 0. The molecule has 17 heavy (non-hydrogen) atoms. The molecule has 1 aromatic heterocycles. The molecule has 0 unspecified atom stereocenters. The van der Waals surface area contributed by atoms with Crippen molar-refractivity contribution in [1.29, 1.82) is 0 Å². The second kappa shape index (κ2) is 3.56. The van der Waals surface area contributed by atoms with Gasteiger partial charge in [-0.15, -0.1) is 0 Å². The van der Waals surface area contributed by atoms with Gasteiger partial charge in [0.15, 0.2) is 5.43 Å². The number of nitrogens with zero attached hydrogens (tertiary/aromatic N) is 1. The van der Waals surface area contributed by atoms with Crippen molar-refractivity contribution in [3.63, 3.8) is 0 Å². The van der Waals surface area contributed by atoms with Crippen molar-refractivity contribution in [1.82, 2.24) is 4.57 Å². The maximum absolute atomic E-state index is 13.6. The monoisotopic (exact) mass is 233 g/mol. The van der Waals surface area contributed by atoms with Crippen LogP contribution in [0.5, 0.6) is 0 Å². The minimum Gasteiger partial charge on any atom is -0.344 e. The fourth-order valence-electron chi connectivity index (χ4n) is 2.07. The van der Waals surface area contributed by atoms with E-state index in [0.29, 0.717) is 11.4 Å². The van der Waals surface area contributed by atoms with Gasteiger partial charge in [-0.3, -0.25) is 10.6 Å². The van der Waals surface area contributed by atoms with Gasteiger partial charge in [0.1, 0.15) is 5.82 Å². The van der Waals surface area contributed by atoms with Crippen molar-refractivity contribution < 1.29 is 4.39 Å². The number of nitrogens with two attached hydrogens (primary N) is 1. The summed E-state index contributed by atoms with van der Waals surface area (Å²) in [5.74, 6) is 4.74. The van der Waals surface area contributed by atoms with Crippen molar-refractivity contribution in [2.24, 2.45) is 5.84 Å². The number of hydrazine groups is 1. The quantitative estimate of drug-likeness (QED) is 0.613. The van der Waals surface area contributed by atoms with Crippen LogP contribution in [0.2, 0.25) is 0 Å². The average Bonchev–Trinajstić information content (AvgIpc) is 3.14. The first kappa shape index (κ1) is 10.3. The third kappa shape index (κ3) is 1.59. The Morgan fingerprint density at radius 2 is 2.18 bits per heavy atom. The molecule has 0 saturated heterocycles. The second-order valence-electron chi connectivity index (χ2n) is 4.31. The van der Waals surface area contributed by atoms with Gasteiger partial charge in [0.25, 0.3) is 0 Å². The molecule has 0 spiro atoms. The summed E-state index contributed by atoms with van der Waals surface area (Å²) in [5.41, 5.74) is 3.07. The third-order valence-corrected chi connectivity index (χ3v) is 3.11. The number of hydrogen-bond donors (Lipinski definition) is 2. The first-order valence-electron chi connectivity index (χ1n) is 5.51. The molecule has 4 nitrogen and oxygen atoms in total. The number of hydrogen-bond acceptors (Lipinski definition) is 3. The normalized spacial score (nSPS) is 15.2. The van der Waals surface area contributed by atoms with Crippen molar-refractivity contribution in [3.05, 3.63) is 40.4 Å². The van der Waals surface area contributed by atoms with Gasteiger partial charge >= 0.3 is 0 Å². The smallest absolute Gasteiger partial charge is 0.189 e. The standard InChI is InChI=1S/C12H12FN3O/c13-9-5-8-11(6-10(9)15-14)16(7-1-2-7)4-3-12(8)17/h3-7,15H,1-2,14H2. The number of aromatic nitrogens is 1. The van der Waals surface area contributed by atoms with Gasteiger partial charge in [0.05, 0.1) is 11.2 Å². The van der Waals surface area contributed by atoms with Gasteiger partial charge < -0.3 is 9.99 Å². The number of anilines is 1. The highest BCUT2D eigenvalue weighted by Gasteiger charge is 2.24. The molecule has 1 aliphatic rings. The Labute approximate surface area is 96.8 Å². The fraction of sp³-hybridized carbons (Fsp3) is 0.250. The molecule has 1 aliphatic carbocycles. The lowest BCUT2D eigenvalue weighted by molar-refractivity contribution is 0.631. The number of fused-ring (bicyclic) bond motifs is 1. The number of halogens is 1. The predicted molar refractivity (Wildman–Crippen MR) is 64.2 cm³/mol. The van der Waals surface area contributed by atoms with Crippen LogP contribution in [-0.2, 0) is 0 Å². The van der Waals surface area contributed by atoms with Gasteiger partial charge in [-0.05, 0) is 25.0 Å². The van der Waals surface area contributed by atoms with Gasteiger partial charge in [0, 0.05) is 23.7 Å². The summed E-state index contributed by atoms with van der Waals surface area (Å²) < 4.78 is 15.6. The first-order chi connectivity index (χ1) is 8.20. The zero-order chi connectivity index (χ0) is 12.0. The second-order valence-corrected chi connectivity index (χ2v) is 4.31. The maximum atomic E-state index is 13.6. The van der Waals surface area contributed by atoms with E-state index in [9.17, 15) is 9.18 Å². The molecule has 3 N–H and O–H groups in total. The molecule has 1 saturated carbocycles. The molecule has 88 valence electrons. The highest BCUT2D eigenvalue weighted by atomic mass is 19.1. The molecular formula is C12H12FN3O. The molecule has 2 aromatic rings. The Morgan fingerprint density at radius 1 is 1.41 bits per heavy atom. The van der Waals surface area contributed by atoms with E-state index in [1.807, 2.05) is 4.57 Å². The number of nitrogen functional groups attached to an aromatic ring is 1. The molecule has 0 radical (unpaired) electrons. The molecule has 0 aliphatic heterocycles. The molecule has 1 aromatic carbocycles. The Kier molecular flexibility index (Phi) is 2.16. The third-order valence-electron chi connectivity index (χ3n) is 3.11. The van der Waals surface area contributed by atoms with Crippen LogP contribution in [0.1, 0.15) is 18.9 Å². The lowest BCUT2D eigenvalue weighted by Crippen LogP contribution is -2.12. The molecule has 1 fully saturated rings. The molecule has 3 rings (SSSR count). The fourth-order valence-corrected chi connectivity index (χ4v) is 2.07. The lowest BCUT2D eigenvalue weighted by Gasteiger charge is -2.11. The van der Waals surface area contributed by atoms with E-state index < -0.39 is 5.82 Å². The number of rotatable bonds is 2. The minimum atomic E-state index is -0.509. The number of pyridine rings is 1. The summed E-state index contributed by atoms with van der Waals surface area (Å²) in [6.07, 6.45) is 3.96. The topological polar surface area (TPSA) is 60.0 Å². The van der Waals surface area contributed by atoms with Crippen LogP contribution < -0.4 is 16.7 Å². The predicted octanol–water partition coefficient (Wildman–Crippen LogP) is 1.76. The van der Waals surface area contributed by atoms with Crippen LogP contribution in [0.15, 0.2) is 29.2 Å². The van der Waals surface area contributed by atoms with E-state index in [4.69, 9.17) is 5.84 Å². The largest absolute Gasteiger partial charge is 0.344 e. The van der Waals surface area contributed by atoms with Gasteiger partial charge in [-0.25, -0.2) is 4.39 Å². The van der Waals surface area contributed by atoms with E-state index in [1.54, 1.807) is 12.3 Å². The number of nitrogens with one attached hydrogen (secondary N) is 1. The zero-order valence-electron chi connectivity index (χ0n) is 9.11. The Hall–Kier alpha value is -1.88. The van der Waals surface area contributed by atoms with Crippen LogP contribution >= 0.6 is 0 Å². The highest BCUT2D eigenvalue weighted by molar-refractivity contribution is 5.83. The van der Waals surface area contributed by atoms with Crippen molar-refractivity contribution in [3.8, 4) is 0 Å². The van der Waals surface area contributed by atoms with E-state index >= 15 is 0 Å². The Bertz CT molecular complexity index is 646.